The van der Waals surface area contributed by atoms with Gasteiger partial charge in [0.1, 0.15) is 0 Å². The lowest BCUT2D eigenvalue weighted by Gasteiger charge is -2.61. The van der Waals surface area contributed by atoms with Crippen LogP contribution in [-0.2, 0) is 0 Å². The van der Waals surface area contributed by atoms with Gasteiger partial charge in [0, 0.05) is 6.04 Å². The van der Waals surface area contributed by atoms with E-state index in [1.807, 2.05) is 0 Å². The monoisotopic (exact) mass is 319 g/mol. The minimum Gasteiger partial charge on any atom is -0.393 e. The SMILES string of the molecule is CN(C)[C@@H]1CC[C@@H]2[C@@H]3CC[C@H]4C[C@H](O)CC[C@]4(C)[C@@H]3CC[C@@]21C. The molecular formula is C21H37NO. The van der Waals surface area contributed by atoms with Crippen molar-refractivity contribution in [3.8, 4) is 0 Å². The summed E-state index contributed by atoms with van der Waals surface area (Å²) in [6.45, 7) is 5.21. The Morgan fingerprint density at radius 1 is 0.826 bits per heavy atom. The van der Waals surface area contributed by atoms with Crippen molar-refractivity contribution in [3.63, 3.8) is 0 Å². The van der Waals surface area contributed by atoms with E-state index in [4.69, 9.17) is 0 Å². The van der Waals surface area contributed by atoms with Crippen LogP contribution in [0, 0.1) is 34.5 Å². The van der Waals surface area contributed by atoms with Gasteiger partial charge in [-0.3, -0.25) is 0 Å². The summed E-state index contributed by atoms with van der Waals surface area (Å²) >= 11 is 0. The first-order chi connectivity index (χ1) is 10.9. The van der Waals surface area contributed by atoms with Gasteiger partial charge in [-0.25, -0.2) is 0 Å². The third-order valence-corrected chi connectivity index (χ3v) is 9.21. The van der Waals surface area contributed by atoms with E-state index in [1.165, 1.54) is 44.9 Å². The lowest BCUT2D eigenvalue weighted by atomic mass is 9.45. The number of rotatable bonds is 1. The molecule has 0 amide bonds. The molecule has 4 rings (SSSR count). The van der Waals surface area contributed by atoms with Crippen LogP contribution in [0.4, 0.5) is 0 Å². The molecule has 0 aromatic heterocycles. The average Bonchev–Trinajstić information content (AvgIpc) is 2.85. The zero-order valence-corrected chi connectivity index (χ0v) is 15.7. The second-order valence-corrected chi connectivity index (χ2v) is 10.2. The fourth-order valence-electron chi connectivity index (χ4n) is 8.06. The van der Waals surface area contributed by atoms with Crippen molar-refractivity contribution in [2.75, 3.05) is 14.1 Å². The zero-order chi connectivity index (χ0) is 16.4. The third kappa shape index (κ3) is 2.27. The Kier molecular flexibility index (Phi) is 3.89. The molecule has 23 heavy (non-hydrogen) atoms. The minimum atomic E-state index is -0.0110. The predicted molar refractivity (Wildman–Crippen MR) is 95.2 cm³/mol. The molecule has 2 heteroatoms. The van der Waals surface area contributed by atoms with Crippen LogP contribution in [0.25, 0.3) is 0 Å². The van der Waals surface area contributed by atoms with Gasteiger partial charge >= 0.3 is 0 Å². The maximum absolute atomic E-state index is 10.1. The summed E-state index contributed by atoms with van der Waals surface area (Å²) in [5, 5.41) is 10.1. The highest BCUT2D eigenvalue weighted by Gasteiger charge is 2.60. The molecule has 0 spiro atoms. The van der Waals surface area contributed by atoms with Crippen molar-refractivity contribution in [3.05, 3.63) is 0 Å². The van der Waals surface area contributed by atoms with Gasteiger partial charge in [0.05, 0.1) is 6.10 Å². The van der Waals surface area contributed by atoms with E-state index in [0.29, 0.717) is 10.8 Å². The average molecular weight is 320 g/mol. The molecule has 0 aliphatic heterocycles. The smallest absolute Gasteiger partial charge is 0.0543 e. The molecule has 0 saturated heterocycles. The Hall–Kier alpha value is -0.0800. The standard InChI is InChI=1S/C21H37NO/c1-20-11-9-15(23)13-14(20)5-6-16-17-7-8-19(22(3)4)21(17,2)12-10-18(16)20/h14-19,23H,5-13H2,1-4H3/t14-,15+,16-,17+,18+,19+,20-,21-/m0/s1. The summed E-state index contributed by atoms with van der Waals surface area (Å²) in [7, 11) is 4.59. The zero-order valence-electron chi connectivity index (χ0n) is 15.7. The molecule has 0 aromatic rings. The van der Waals surface area contributed by atoms with Crippen molar-refractivity contribution in [2.45, 2.75) is 83.8 Å². The second-order valence-electron chi connectivity index (χ2n) is 10.2. The maximum atomic E-state index is 10.1. The summed E-state index contributed by atoms with van der Waals surface area (Å²) in [6.07, 6.45) is 12.0. The number of hydrogen-bond acceptors (Lipinski definition) is 2. The number of fused-ring (bicyclic) bond motifs is 5. The summed E-state index contributed by atoms with van der Waals surface area (Å²) in [6, 6.07) is 0.798. The molecule has 2 nitrogen and oxygen atoms in total. The summed E-state index contributed by atoms with van der Waals surface area (Å²) < 4.78 is 0. The van der Waals surface area contributed by atoms with E-state index in [0.717, 1.165) is 42.6 Å². The quantitative estimate of drug-likeness (QED) is 0.778. The molecule has 8 atom stereocenters. The van der Waals surface area contributed by atoms with Crippen molar-refractivity contribution in [1.82, 2.24) is 4.90 Å². The first-order valence-electron chi connectivity index (χ1n) is 10.2. The van der Waals surface area contributed by atoms with Crippen LogP contribution in [-0.4, -0.2) is 36.2 Å². The molecule has 4 aliphatic rings. The highest BCUT2D eigenvalue weighted by atomic mass is 16.3. The fourth-order valence-corrected chi connectivity index (χ4v) is 8.06. The number of nitrogens with zero attached hydrogens (tertiary/aromatic N) is 1. The molecule has 0 bridgehead atoms. The van der Waals surface area contributed by atoms with E-state index in [1.54, 1.807) is 0 Å². The molecule has 4 fully saturated rings. The van der Waals surface area contributed by atoms with E-state index < -0.39 is 0 Å². The Morgan fingerprint density at radius 2 is 1.52 bits per heavy atom. The lowest BCUT2D eigenvalue weighted by Crippen LogP contribution is -2.55. The first kappa shape index (κ1) is 16.4. The lowest BCUT2D eigenvalue weighted by molar-refractivity contribution is -0.127. The van der Waals surface area contributed by atoms with Crippen LogP contribution in [0.15, 0.2) is 0 Å². The van der Waals surface area contributed by atoms with Gasteiger partial charge in [-0.05, 0) is 106 Å². The molecule has 4 aliphatic carbocycles. The van der Waals surface area contributed by atoms with Crippen LogP contribution >= 0.6 is 0 Å². The van der Waals surface area contributed by atoms with Gasteiger partial charge in [0.2, 0.25) is 0 Å². The number of aliphatic hydroxyl groups excluding tert-OH is 1. The minimum absolute atomic E-state index is 0.0110. The van der Waals surface area contributed by atoms with Gasteiger partial charge in [0.25, 0.3) is 0 Å². The molecule has 132 valence electrons. The summed E-state index contributed by atoms with van der Waals surface area (Å²) in [4.78, 5) is 2.52. The Balaban J connectivity index is 1.60. The highest BCUT2D eigenvalue weighted by molar-refractivity contribution is 5.10. The Bertz CT molecular complexity index is 463. The number of hydrogen-bond donors (Lipinski definition) is 1. The summed E-state index contributed by atoms with van der Waals surface area (Å²) in [5.41, 5.74) is 1.09. The van der Waals surface area contributed by atoms with Crippen molar-refractivity contribution < 1.29 is 5.11 Å². The molecule has 4 saturated carbocycles. The van der Waals surface area contributed by atoms with E-state index in [-0.39, 0.29) is 6.10 Å². The van der Waals surface area contributed by atoms with Gasteiger partial charge in [0.15, 0.2) is 0 Å². The second kappa shape index (κ2) is 5.46. The van der Waals surface area contributed by atoms with Gasteiger partial charge in [-0.15, -0.1) is 0 Å². The maximum Gasteiger partial charge on any atom is 0.0543 e. The molecule has 0 radical (unpaired) electrons. The Morgan fingerprint density at radius 3 is 2.26 bits per heavy atom. The van der Waals surface area contributed by atoms with Crippen LogP contribution in [0.3, 0.4) is 0 Å². The molecule has 0 aromatic carbocycles. The van der Waals surface area contributed by atoms with Gasteiger partial charge in [-0.1, -0.05) is 13.8 Å². The topological polar surface area (TPSA) is 23.5 Å². The molecule has 1 N–H and O–H groups in total. The fraction of sp³-hybridized carbons (Fsp3) is 1.00. The first-order valence-corrected chi connectivity index (χ1v) is 10.2. The van der Waals surface area contributed by atoms with Crippen molar-refractivity contribution >= 4 is 0 Å². The van der Waals surface area contributed by atoms with Crippen LogP contribution < -0.4 is 0 Å². The van der Waals surface area contributed by atoms with E-state index in [9.17, 15) is 5.11 Å². The van der Waals surface area contributed by atoms with Crippen LogP contribution in [0.1, 0.15) is 71.6 Å². The van der Waals surface area contributed by atoms with Crippen molar-refractivity contribution in [2.24, 2.45) is 34.5 Å². The largest absolute Gasteiger partial charge is 0.393 e. The molecule has 0 heterocycles. The predicted octanol–water partition coefficient (Wildman–Crippen LogP) is 4.32. The van der Waals surface area contributed by atoms with Crippen LogP contribution in [0.2, 0.25) is 0 Å². The normalized spacial score (nSPS) is 56.1. The summed E-state index contributed by atoms with van der Waals surface area (Å²) in [5.74, 6) is 3.66. The third-order valence-electron chi connectivity index (χ3n) is 9.21. The van der Waals surface area contributed by atoms with Crippen molar-refractivity contribution in [1.29, 1.82) is 0 Å². The van der Waals surface area contributed by atoms with E-state index in [2.05, 4.69) is 32.8 Å². The Labute approximate surface area is 143 Å². The van der Waals surface area contributed by atoms with Gasteiger partial charge in [-0.2, -0.15) is 0 Å². The van der Waals surface area contributed by atoms with E-state index >= 15 is 0 Å². The van der Waals surface area contributed by atoms with Crippen LogP contribution in [0.5, 0.6) is 0 Å². The molecular weight excluding hydrogens is 282 g/mol. The highest BCUT2D eigenvalue weighted by Crippen LogP contribution is 2.66. The van der Waals surface area contributed by atoms with Gasteiger partial charge < -0.3 is 10.0 Å². The molecule has 0 unspecified atom stereocenters. The number of aliphatic hydroxyl groups is 1.